The Hall–Kier alpha value is -0.730. The molecule has 1 saturated carbocycles. The summed E-state index contributed by atoms with van der Waals surface area (Å²) in [6.45, 7) is 3.27. The Bertz CT molecular complexity index is 213. The molecule has 0 spiro atoms. The zero-order valence-corrected chi connectivity index (χ0v) is 11.1. The molecule has 1 aliphatic heterocycles. The highest BCUT2D eigenvalue weighted by molar-refractivity contribution is 4.98. The van der Waals surface area contributed by atoms with Gasteiger partial charge in [-0.15, -0.1) is 0 Å². The minimum atomic E-state index is -0.682. The molecule has 0 radical (unpaired) electrons. The Balaban J connectivity index is 0.000000202. The number of rotatable bonds is 2. The smallest absolute Gasteiger partial charge is 0.119 e. The van der Waals surface area contributed by atoms with Crippen LogP contribution < -0.4 is 5.73 Å². The van der Waals surface area contributed by atoms with Crippen LogP contribution in [0.1, 0.15) is 58.3 Å². The molecule has 100 valence electrons. The molecule has 0 aromatic rings. The number of nitrogens with two attached hydrogens (primary N) is 1. The lowest BCUT2D eigenvalue weighted by molar-refractivity contribution is 0.322. The largest absolute Gasteiger partial charge is 0.386 e. The molecule has 0 bridgehead atoms. The number of likely N-dealkylation sites (tertiary alicyclic amines) is 1. The molecule has 1 aliphatic carbocycles. The van der Waals surface area contributed by atoms with Crippen LogP contribution >= 0.6 is 0 Å². The normalized spacial score (nSPS) is 25.4. The van der Waals surface area contributed by atoms with E-state index in [0.29, 0.717) is 13.0 Å². The molecule has 0 aromatic heterocycles. The van der Waals surface area contributed by atoms with Crippen molar-refractivity contribution in [2.75, 3.05) is 13.1 Å². The molecule has 1 atom stereocenters. The van der Waals surface area contributed by atoms with Gasteiger partial charge in [0.05, 0.1) is 12.4 Å². The Labute approximate surface area is 105 Å². The summed E-state index contributed by atoms with van der Waals surface area (Å²) in [7, 11) is 0. The molecule has 17 heavy (non-hydrogen) atoms. The first-order valence-corrected chi connectivity index (χ1v) is 7.08. The lowest BCUT2D eigenvalue weighted by Gasteiger charge is -2.16. The molecule has 2 N–H and O–H groups in total. The molecule has 0 amide bonds. The van der Waals surface area contributed by atoms with Gasteiger partial charge in [0.2, 0.25) is 0 Å². The topological polar surface area (TPSA) is 29.3 Å². The van der Waals surface area contributed by atoms with E-state index in [4.69, 9.17) is 5.73 Å². The molecule has 1 heterocycles. The highest BCUT2D eigenvalue weighted by Gasteiger charge is 2.21. The van der Waals surface area contributed by atoms with Crippen LogP contribution in [-0.2, 0) is 0 Å². The van der Waals surface area contributed by atoms with E-state index in [9.17, 15) is 4.39 Å². The fourth-order valence-corrected chi connectivity index (χ4v) is 2.35. The molecule has 1 unspecified atom stereocenters. The molecular formula is C14H27FN2. The summed E-state index contributed by atoms with van der Waals surface area (Å²) in [4.78, 5) is 1.90. The van der Waals surface area contributed by atoms with Crippen LogP contribution in [0, 0.1) is 0 Å². The van der Waals surface area contributed by atoms with Gasteiger partial charge in [0, 0.05) is 6.54 Å². The average molecular weight is 242 g/mol. The second-order valence-corrected chi connectivity index (χ2v) is 4.99. The highest BCUT2D eigenvalue weighted by Crippen LogP contribution is 2.15. The van der Waals surface area contributed by atoms with Crippen LogP contribution in [0.2, 0.25) is 0 Å². The predicted molar refractivity (Wildman–Crippen MR) is 71.3 cm³/mol. The van der Waals surface area contributed by atoms with Gasteiger partial charge in [-0.25, -0.2) is 4.39 Å². The van der Waals surface area contributed by atoms with E-state index in [1.54, 1.807) is 0 Å². The second-order valence-electron chi connectivity index (χ2n) is 4.99. The van der Waals surface area contributed by atoms with E-state index in [0.717, 1.165) is 18.8 Å². The molecule has 2 fully saturated rings. The van der Waals surface area contributed by atoms with Crippen molar-refractivity contribution in [3.63, 3.8) is 0 Å². The lowest BCUT2D eigenvalue weighted by Crippen LogP contribution is -2.25. The minimum Gasteiger partial charge on any atom is -0.386 e. The summed E-state index contributed by atoms with van der Waals surface area (Å²) in [6, 6.07) is 0. The monoisotopic (exact) mass is 242 g/mol. The zero-order chi connectivity index (χ0) is 12.5. The van der Waals surface area contributed by atoms with Gasteiger partial charge in [0.25, 0.3) is 0 Å². The van der Waals surface area contributed by atoms with Crippen molar-refractivity contribution in [1.29, 1.82) is 0 Å². The number of hydrogen-bond donors (Lipinski definition) is 1. The third-order valence-electron chi connectivity index (χ3n) is 3.41. The molecular weight excluding hydrogens is 215 g/mol. The van der Waals surface area contributed by atoms with Crippen molar-refractivity contribution in [1.82, 2.24) is 4.90 Å². The summed E-state index contributed by atoms with van der Waals surface area (Å²) in [5.74, 6) is 0.729. The van der Waals surface area contributed by atoms with Crippen molar-refractivity contribution in [2.45, 2.75) is 64.5 Å². The first-order chi connectivity index (χ1) is 8.24. The summed E-state index contributed by atoms with van der Waals surface area (Å²) in [6.07, 6.45) is 11.8. The van der Waals surface area contributed by atoms with E-state index in [1.165, 1.54) is 38.5 Å². The van der Waals surface area contributed by atoms with E-state index in [2.05, 4.69) is 0 Å². The van der Waals surface area contributed by atoms with E-state index >= 15 is 0 Å². The van der Waals surface area contributed by atoms with Crippen LogP contribution in [0.3, 0.4) is 0 Å². The van der Waals surface area contributed by atoms with Gasteiger partial charge in [0.15, 0.2) is 0 Å². The lowest BCUT2D eigenvalue weighted by atomic mass is 10.0. The van der Waals surface area contributed by atoms with E-state index in [-0.39, 0.29) is 0 Å². The van der Waals surface area contributed by atoms with Gasteiger partial charge in [-0.05, 0) is 18.9 Å². The van der Waals surface area contributed by atoms with Crippen LogP contribution in [0.25, 0.3) is 0 Å². The fourth-order valence-electron chi connectivity index (χ4n) is 2.35. The van der Waals surface area contributed by atoms with Crippen LogP contribution in [0.5, 0.6) is 0 Å². The quantitative estimate of drug-likeness (QED) is 0.802. The van der Waals surface area contributed by atoms with Crippen molar-refractivity contribution in [3.05, 3.63) is 11.9 Å². The minimum absolute atomic E-state index is 0.475. The predicted octanol–water partition coefficient (Wildman–Crippen LogP) is 3.58. The standard InChI is InChI=1S/C8H15FN2.C6H12/c1-2-3-8(10)11-5-4-7(9)6-11;1-2-4-6-5-3-1/h3,7H,2,4-6,10H2,1H3;1-6H2/b8-3+;. The maximum atomic E-state index is 12.6. The van der Waals surface area contributed by atoms with Gasteiger partial charge >= 0.3 is 0 Å². The van der Waals surface area contributed by atoms with E-state index < -0.39 is 6.17 Å². The number of halogens is 1. The SMILES string of the molecule is C1CCCCC1.CC/C=C(\N)N1CCC(F)C1. The van der Waals surface area contributed by atoms with Crippen LogP contribution in [0.15, 0.2) is 11.9 Å². The summed E-state index contributed by atoms with van der Waals surface area (Å²) in [5.41, 5.74) is 5.67. The first kappa shape index (κ1) is 14.3. The Morgan fingerprint density at radius 2 is 1.76 bits per heavy atom. The van der Waals surface area contributed by atoms with Gasteiger partial charge < -0.3 is 10.6 Å². The van der Waals surface area contributed by atoms with Crippen molar-refractivity contribution in [2.24, 2.45) is 5.73 Å². The Kier molecular flexibility index (Phi) is 7.06. The summed E-state index contributed by atoms with van der Waals surface area (Å²) < 4.78 is 12.6. The molecule has 2 aliphatic rings. The molecule has 3 heteroatoms. The van der Waals surface area contributed by atoms with Crippen LogP contribution in [0.4, 0.5) is 4.39 Å². The summed E-state index contributed by atoms with van der Waals surface area (Å²) in [5, 5.41) is 0. The average Bonchev–Trinajstić information content (AvgIpc) is 2.79. The van der Waals surface area contributed by atoms with Crippen molar-refractivity contribution in [3.8, 4) is 0 Å². The Morgan fingerprint density at radius 1 is 1.24 bits per heavy atom. The number of hydrogen-bond acceptors (Lipinski definition) is 2. The third kappa shape index (κ3) is 5.94. The maximum Gasteiger partial charge on any atom is 0.119 e. The van der Waals surface area contributed by atoms with Gasteiger partial charge in [-0.1, -0.05) is 45.4 Å². The van der Waals surface area contributed by atoms with Gasteiger partial charge in [-0.3, -0.25) is 0 Å². The van der Waals surface area contributed by atoms with Gasteiger partial charge in [0.1, 0.15) is 6.17 Å². The Morgan fingerprint density at radius 3 is 2.12 bits per heavy atom. The molecule has 1 saturated heterocycles. The number of allylic oxidation sites excluding steroid dienone is 1. The molecule has 2 rings (SSSR count). The summed E-state index contributed by atoms with van der Waals surface area (Å²) >= 11 is 0. The first-order valence-electron chi connectivity index (χ1n) is 7.08. The maximum absolute atomic E-state index is 12.6. The highest BCUT2D eigenvalue weighted by atomic mass is 19.1. The van der Waals surface area contributed by atoms with E-state index in [1.807, 2.05) is 17.9 Å². The third-order valence-corrected chi connectivity index (χ3v) is 3.41. The molecule has 2 nitrogen and oxygen atoms in total. The zero-order valence-electron chi connectivity index (χ0n) is 11.1. The van der Waals surface area contributed by atoms with Crippen molar-refractivity contribution >= 4 is 0 Å². The van der Waals surface area contributed by atoms with Gasteiger partial charge in [-0.2, -0.15) is 0 Å². The van der Waals surface area contributed by atoms with Crippen molar-refractivity contribution < 1.29 is 4.39 Å². The van der Waals surface area contributed by atoms with Crippen LogP contribution in [-0.4, -0.2) is 24.2 Å². The second kappa shape index (κ2) is 8.37. The fraction of sp³-hybridized carbons (Fsp3) is 0.857. The molecule has 0 aromatic carbocycles. The number of alkyl halides is 1. The number of nitrogens with zero attached hydrogens (tertiary/aromatic N) is 1.